The number of carbonyl (C=O) groups is 1. The first-order valence-corrected chi connectivity index (χ1v) is 6.50. The molecule has 1 N–H and O–H groups in total. The van der Waals surface area contributed by atoms with E-state index in [0.717, 1.165) is 18.5 Å². The monoisotopic (exact) mass is 251 g/mol. The quantitative estimate of drug-likeness (QED) is 0.853. The topological polar surface area (TPSA) is 58.4 Å². The van der Waals surface area contributed by atoms with Gasteiger partial charge in [0.25, 0.3) is 5.91 Å². The molecule has 0 radical (unpaired) electrons. The second-order valence-corrected chi connectivity index (χ2v) is 5.19. The van der Waals surface area contributed by atoms with Crippen LogP contribution in [0.1, 0.15) is 48.8 Å². The van der Waals surface area contributed by atoms with Crippen LogP contribution < -0.4 is 0 Å². The molecule has 1 fully saturated rings. The van der Waals surface area contributed by atoms with Gasteiger partial charge in [-0.3, -0.25) is 9.48 Å². The maximum atomic E-state index is 12.4. The van der Waals surface area contributed by atoms with Gasteiger partial charge < -0.3 is 10.0 Å². The zero-order chi connectivity index (χ0) is 13.3. The van der Waals surface area contributed by atoms with E-state index in [2.05, 4.69) is 18.9 Å². The van der Waals surface area contributed by atoms with Gasteiger partial charge in [-0.15, -0.1) is 0 Å². The average molecular weight is 251 g/mol. The summed E-state index contributed by atoms with van der Waals surface area (Å²) in [6.07, 6.45) is 2.08. The van der Waals surface area contributed by atoms with E-state index in [-0.39, 0.29) is 12.5 Å². The third kappa shape index (κ3) is 2.56. The lowest BCUT2D eigenvalue weighted by atomic mass is 10.1. The molecule has 1 heterocycles. The maximum absolute atomic E-state index is 12.4. The van der Waals surface area contributed by atoms with Crippen LogP contribution in [0.15, 0.2) is 6.07 Å². The molecule has 0 bridgehead atoms. The van der Waals surface area contributed by atoms with Crippen molar-refractivity contribution in [2.24, 2.45) is 7.05 Å². The number of aliphatic hydroxyl groups excluding tert-OH is 1. The first-order valence-electron chi connectivity index (χ1n) is 6.50. The molecule has 1 aromatic heterocycles. The van der Waals surface area contributed by atoms with Crippen molar-refractivity contribution in [1.82, 2.24) is 14.7 Å². The highest BCUT2D eigenvalue weighted by atomic mass is 16.3. The Hall–Kier alpha value is -1.36. The molecule has 0 atom stereocenters. The van der Waals surface area contributed by atoms with Crippen LogP contribution in [-0.2, 0) is 7.05 Å². The van der Waals surface area contributed by atoms with Crippen LogP contribution >= 0.6 is 0 Å². The zero-order valence-electron chi connectivity index (χ0n) is 11.3. The Bertz CT molecular complexity index is 435. The summed E-state index contributed by atoms with van der Waals surface area (Å²) >= 11 is 0. The molecular formula is C13H21N3O2. The summed E-state index contributed by atoms with van der Waals surface area (Å²) in [5.74, 6) is 0.290. The fraction of sp³-hybridized carbons (Fsp3) is 0.692. The highest BCUT2D eigenvalue weighted by Gasteiger charge is 2.33. The van der Waals surface area contributed by atoms with Crippen LogP contribution in [0, 0.1) is 0 Å². The fourth-order valence-electron chi connectivity index (χ4n) is 2.06. The van der Waals surface area contributed by atoms with Crippen LogP contribution in [0.4, 0.5) is 0 Å². The van der Waals surface area contributed by atoms with Gasteiger partial charge in [0.15, 0.2) is 0 Å². The van der Waals surface area contributed by atoms with Crippen molar-refractivity contribution in [1.29, 1.82) is 0 Å². The Balaban J connectivity index is 2.21. The minimum atomic E-state index is -0.0200. The lowest BCUT2D eigenvalue weighted by Crippen LogP contribution is -2.36. The van der Waals surface area contributed by atoms with E-state index in [9.17, 15) is 4.79 Å². The lowest BCUT2D eigenvalue weighted by molar-refractivity contribution is 0.0696. The molecule has 18 heavy (non-hydrogen) atoms. The van der Waals surface area contributed by atoms with Crippen molar-refractivity contribution in [2.75, 3.05) is 13.2 Å². The highest BCUT2D eigenvalue weighted by molar-refractivity contribution is 5.93. The maximum Gasteiger partial charge on any atom is 0.272 e. The van der Waals surface area contributed by atoms with Crippen molar-refractivity contribution in [3.8, 4) is 0 Å². The number of amides is 1. The fourth-order valence-corrected chi connectivity index (χ4v) is 2.06. The molecule has 5 heteroatoms. The van der Waals surface area contributed by atoms with E-state index in [0.29, 0.717) is 24.2 Å². The smallest absolute Gasteiger partial charge is 0.272 e. The van der Waals surface area contributed by atoms with Crippen LogP contribution in [-0.4, -0.2) is 44.9 Å². The van der Waals surface area contributed by atoms with Crippen LogP contribution in [0.5, 0.6) is 0 Å². The summed E-state index contributed by atoms with van der Waals surface area (Å²) in [5, 5.41) is 13.4. The number of hydrogen-bond acceptors (Lipinski definition) is 3. The number of carbonyl (C=O) groups excluding carboxylic acids is 1. The van der Waals surface area contributed by atoms with Crippen molar-refractivity contribution in [3.63, 3.8) is 0 Å². The van der Waals surface area contributed by atoms with Crippen LogP contribution in [0.25, 0.3) is 0 Å². The third-order valence-electron chi connectivity index (χ3n) is 3.30. The summed E-state index contributed by atoms with van der Waals surface area (Å²) in [5.41, 5.74) is 1.54. The molecule has 100 valence electrons. The molecule has 1 aliphatic carbocycles. The predicted molar refractivity (Wildman–Crippen MR) is 68.4 cm³/mol. The Morgan fingerprint density at radius 2 is 2.28 bits per heavy atom. The van der Waals surface area contributed by atoms with Gasteiger partial charge in [0.1, 0.15) is 5.69 Å². The number of aryl methyl sites for hydroxylation is 1. The van der Waals surface area contributed by atoms with Gasteiger partial charge >= 0.3 is 0 Å². The van der Waals surface area contributed by atoms with Crippen molar-refractivity contribution < 1.29 is 9.90 Å². The van der Waals surface area contributed by atoms with Gasteiger partial charge in [-0.1, -0.05) is 13.8 Å². The van der Waals surface area contributed by atoms with E-state index in [1.807, 2.05) is 6.07 Å². The van der Waals surface area contributed by atoms with Gasteiger partial charge in [0.2, 0.25) is 0 Å². The Morgan fingerprint density at radius 3 is 2.72 bits per heavy atom. The molecule has 0 aliphatic heterocycles. The van der Waals surface area contributed by atoms with E-state index < -0.39 is 0 Å². The Morgan fingerprint density at radius 1 is 1.61 bits per heavy atom. The van der Waals surface area contributed by atoms with E-state index in [1.54, 1.807) is 16.6 Å². The molecule has 2 rings (SSSR count). The van der Waals surface area contributed by atoms with Gasteiger partial charge in [-0.25, -0.2) is 0 Å². The molecule has 0 spiro atoms. The molecular weight excluding hydrogens is 230 g/mol. The second-order valence-electron chi connectivity index (χ2n) is 5.19. The van der Waals surface area contributed by atoms with Gasteiger partial charge in [0, 0.05) is 19.6 Å². The number of hydrogen-bond donors (Lipinski definition) is 1. The molecule has 1 aliphatic rings. The molecule has 0 aromatic carbocycles. The SMILES string of the molecule is CC(C)c1cc(C(=O)N(CCO)C2CC2)n(C)n1. The molecule has 1 saturated carbocycles. The van der Waals surface area contributed by atoms with Crippen LogP contribution in [0.3, 0.4) is 0 Å². The van der Waals surface area contributed by atoms with Crippen molar-refractivity contribution in [2.45, 2.75) is 38.6 Å². The molecule has 1 amide bonds. The van der Waals surface area contributed by atoms with Gasteiger partial charge in [-0.2, -0.15) is 5.10 Å². The minimum absolute atomic E-state index is 0.0110. The van der Waals surface area contributed by atoms with E-state index in [1.165, 1.54) is 0 Å². The summed E-state index contributed by atoms with van der Waals surface area (Å²) in [6.45, 7) is 4.54. The number of aliphatic hydroxyl groups is 1. The first-order chi connectivity index (χ1) is 8.54. The van der Waals surface area contributed by atoms with Crippen LogP contribution in [0.2, 0.25) is 0 Å². The Labute approximate surface area is 107 Å². The summed E-state index contributed by atoms with van der Waals surface area (Å²) in [6, 6.07) is 2.17. The van der Waals surface area contributed by atoms with Crippen molar-refractivity contribution >= 4 is 5.91 Å². The van der Waals surface area contributed by atoms with Gasteiger partial charge in [-0.05, 0) is 24.8 Å². The highest BCUT2D eigenvalue weighted by Crippen LogP contribution is 2.28. The standard InChI is InChI=1S/C13H21N3O2/c1-9(2)11-8-12(15(3)14-11)13(18)16(6-7-17)10-4-5-10/h8-10,17H,4-7H2,1-3H3. The van der Waals surface area contributed by atoms with Crippen molar-refractivity contribution in [3.05, 3.63) is 17.5 Å². The third-order valence-corrected chi connectivity index (χ3v) is 3.30. The summed E-state index contributed by atoms with van der Waals surface area (Å²) in [4.78, 5) is 14.2. The Kier molecular flexibility index (Phi) is 3.71. The molecule has 0 unspecified atom stereocenters. The first kappa shape index (κ1) is 13.1. The number of rotatable bonds is 5. The summed E-state index contributed by atoms with van der Waals surface area (Å²) in [7, 11) is 1.79. The van der Waals surface area contributed by atoms with Gasteiger partial charge in [0.05, 0.1) is 12.3 Å². The lowest BCUT2D eigenvalue weighted by Gasteiger charge is -2.21. The normalized spacial score (nSPS) is 15.2. The molecule has 1 aromatic rings. The average Bonchev–Trinajstić information content (AvgIpc) is 3.07. The minimum Gasteiger partial charge on any atom is -0.395 e. The molecule has 0 saturated heterocycles. The zero-order valence-corrected chi connectivity index (χ0v) is 11.3. The van der Waals surface area contributed by atoms with E-state index in [4.69, 9.17) is 5.11 Å². The van der Waals surface area contributed by atoms with E-state index >= 15 is 0 Å². The number of aromatic nitrogens is 2. The predicted octanol–water partition coefficient (Wildman–Crippen LogP) is 1.14. The summed E-state index contributed by atoms with van der Waals surface area (Å²) < 4.78 is 1.64. The largest absolute Gasteiger partial charge is 0.395 e. The number of nitrogens with zero attached hydrogens (tertiary/aromatic N) is 3. The second kappa shape index (κ2) is 5.10. The molecule has 5 nitrogen and oxygen atoms in total.